The molecule has 2 atom stereocenters. The topological polar surface area (TPSA) is 38.0 Å². The minimum atomic E-state index is 0.0983. The highest BCUT2D eigenvalue weighted by molar-refractivity contribution is 7.99. The third kappa shape index (κ3) is 2.49. The maximum atomic E-state index is 6.21. The first kappa shape index (κ1) is 12.5. The molecule has 0 radical (unpaired) electrons. The largest absolute Gasteiger partial charge is 0.271 e. The van der Waals surface area contributed by atoms with Crippen LogP contribution >= 0.6 is 35.0 Å². The smallest absolute Gasteiger partial charge is 0.0640 e. The van der Waals surface area contributed by atoms with Gasteiger partial charge >= 0.3 is 0 Å². The number of thioether (sulfide) groups is 1. The molecule has 1 aromatic rings. The van der Waals surface area contributed by atoms with Crippen molar-refractivity contribution in [2.24, 2.45) is 11.8 Å². The predicted molar refractivity (Wildman–Crippen MR) is 72.0 cm³/mol. The highest BCUT2D eigenvalue weighted by Gasteiger charge is 2.27. The summed E-state index contributed by atoms with van der Waals surface area (Å²) < 4.78 is 0. The monoisotopic (exact) mass is 276 g/mol. The van der Waals surface area contributed by atoms with Crippen molar-refractivity contribution in [1.29, 1.82) is 0 Å². The van der Waals surface area contributed by atoms with Gasteiger partial charge < -0.3 is 0 Å². The van der Waals surface area contributed by atoms with Gasteiger partial charge in [0.25, 0.3) is 0 Å². The number of nitrogens with one attached hydrogen (secondary N) is 1. The van der Waals surface area contributed by atoms with Crippen molar-refractivity contribution in [1.82, 2.24) is 5.43 Å². The van der Waals surface area contributed by atoms with E-state index in [1.807, 2.05) is 23.9 Å². The van der Waals surface area contributed by atoms with E-state index in [0.717, 1.165) is 11.3 Å². The average Bonchev–Trinajstić information content (AvgIpc) is 2.79. The highest BCUT2D eigenvalue weighted by Crippen LogP contribution is 2.38. The summed E-state index contributed by atoms with van der Waals surface area (Å²) in [7, 11) is 0. The van der Waals surface area contributed by atoms with Crippen LogP contribution in [-0.2, 0) is 0 Å². The van der Waals surface area contributed by atoms with Crippen LogP contribution in [0.3, 0.4) is 0 Å². The fraction of sp³-hybridized carbons (Fsp3) is 0.455. The maximum absolute atomic E-state index is 6.21. The zero-order valence-corrected chi connectivity index (χ0v) is 11.1. The first-order valence-electron chi connectivity index (χ1n) is 5.22. The van der Waals surface area contributed by atoms with Crippen molar-refractivity contribution >= 4 is 35.0 Å². The number of hydrogen-bond acceptors (Lipinski definition) is 3. The van der Waals surface area contributed by atoms with Crippen molar-refractivity contribution in [3.63, 3.8) is 0 Å². The summed E-state index contributed by atoms with van der Waals surface area (Å²) in [5.41, 5.74) is 3.88. The van der Waals surface area contributed by atoms with Crippen molar-refractivity contribution in [2.75, 3.05) is 11.5 Å². The molecule has 3 N–H and O–H groups in total. The standard InChI is InChI=1S/C11H14Cl2N2S/c12-9-3-1-2-8(10(9)13)11(15-14)7-4-5-16-6-7/h1-3,7,11,15H,4-6,14H2. The molecule has 1 saturated heterocycles. The number of hydrazine groups is 1. The number of hydrogen-bond donors (Lipinski definition) is 2. The SMILES string of the molecule is NNC(c1cccc(Cl)c1Cl)C1CCSC1. The van der Waals surface area contributed by atoms with Gasteiger partial charge in [-0.2, -0.15) is 11.8 Å². The number of nitrogens with two attached hydrogens (primary N) is 1. The molecule has 0 aliphatic carbocycles. The van der Waals surface area contributed by atoms with E-state index in [2.05, 4.69) is 5.43 Å². The van der Waals surface area contributed by atoms with Crippen molar-refractivity contribution in [2.45, 2.75) is 12.5 Å². The lowest BCUT2D eigenvalue weighted by atomic mass is 9.93. The zero-order chi connectivity index (χ0) is 11.5. The van der Waals surface area contributed by atoms with E-state index < -0.39 is 0 Å². The van der Waals surface area contributed by atoms with Crippen molar-refractivity contribution < 1.29 is 0 Å². The Balaban J connectivity index is 2.28. The summed E-state index contributed by atoms with van der Waals surface area (Å²) in [6.45, 7) is 0. The molecular weight excluding hydrogens is 263 g/mol. The Morgan fingerprint density at radius 1 is 1.44 bits per heavy atom. The lowest BCUT2D eigenvalue weighted by Crippen LogP contribution is -2.33. The van der Waals surface area contributed by atoms with Gasteiger partial charge in [0.15, 0.2) is 0 Å². The van der Waals surface area contributed by atoms with Crippen LogP contribution in [0.2, 0.25) is 10.0 Å². The van der Waals surface area contributed by atoms with E-state index in [1.54, 1.807) is 6.07 Å². The van der Waals surface area contributed by atoms with Gasteiger partial charge in [0.2, 0.25) is 0 Å². The quantitative estimate of drug-likeness (QED) is 0.658. The Kier molecular flexibility index (Phi) is 4.39. The number of rotatable bonds is 3. The summed E-state index contributed by atoms with van der Waals surface area (Å²) in [6, 6.07) is 5.79. The van der Waals surface area contributed by atoms with Crippen LogP contribution in [0.5, 0.6) is 0 Å². The molecule has 0 spiro atoms. The Morgan fingerprint density at radius 2 is 2.25 bits per heavy atom. The van der Waals surface area contributed by atoms with Crippen LogP contribution in [0.25, 0.3) is 0 Å². The third-order valence-corrected chi connectivity index (χ3v) is 4.95. The number of benzene rings is 1. The summed E-state index contributed by atoms with van der Waals surface area (Å²) >= 11 is 14.2. The van der Waals surface area contributed by atoms with E-state index in [1.165, 1.54) is 12.2 Å². The molecule has 1 fully saturated rings. The van der Waals surface area contributed by atoms with Gasteiger partial charge in [0.05, 0.1) is 16.1 Å². The fourth-order valence-corrected chi connectivity index (χ4v) is 3.78. The molecule has 5 heteroatoms. The second-order valence-electron chi connectivity index (χ2n) is 3.91. The van der Waals surface area contributed by atoms with E-state index in [-0.39, 0.29) is 6.04 Å². The molecule has 16 heavy (non-hydrogen) atoms. The summed E-state index contributed by atoms with van der Waals surface area (Å²) in [6.07, 6.45) is 1.17. The first-order chi connectivity index (χ1) is 7.74. The van der Waals surface area contributed by atoms with Crippen molar-refractivity contribution in [3.05, 3.63) is 33.8 Å². The molecule has 1 aliphatic heterocycles. The summed E-state index contributed by atoms with van der Waals surface area (Å²) in [5, 5.41) is 1.20. The Morgan fingerprint density at radius 3 is 2.88 bits per heavy atom. The molecule has 1 aromatic carbocycles. The minimum absolute atomic E-state index is 0.0983. The van der Waals surface area contributed by atoms with Crippen LogP contribution in [0.1, 0.15) is 18.0 Å². The molecule has 88 valence electrons. The highest BCUT2D eigenvalue weighted by atomic mass is 35.5. The Labute approximate surface area is 110 Å². The van der Waals surface area contributed by atoms with E-state index in [4.69, 9.17) is 29.0 Å². The molecule has 0 saturated carbocycles. The molecule has 2 nitrogen and oxygen atoms in total. The van der Waals surface area contributed by atoms with Crippen LogP contribution in [0.15, 0.2) is 18.2 Å². The van der Waals surface area contributed by atoms with Crippen LogP contribution in [-0.4, -0.2) is 11.5 Å². The normalized spacial score (nSPS) is 22.3. The molecular formula is C11H14Cl2N2S. The maximum Gasteiger partial charge on any atom is 0.0640 e. The summed E-state index contributed by atoms with van der Waals surface area (Å²) in [5.74, 6) is 8.49. The van der Waals surface area contributed by atoms with Gasteiger partial charge in [-0.1, -0.05) is 35.3 Å². The second-order valence-corrected chi connectivity index (χ2v) is 5.85. The van der Waals surface area contributed by atoms with Gasteiger partial charge in [-0.25, -0.2) is 0 Å². The number of halogens is 2. The van der Waals surface area contributed by atoms with Gasteiger partial charge in [-0.15, -0.1) is 0 Å². The Hall–Kier alpha value is 0.0700. The van der Waals surface area contributed by atoms with Crippen LogP contribution in [0, 0.1) is 5.92 Å². The molecule has 0 bridgehead atoms. The first-order valence-corrected chi connectivity index (χ1v) is 7.13. The van der Waals surface area contributed by atoms with Crippen LogP contribution in [0.4, 0.5) is 0 Å². The fourth-order valence-electron chi connectivity index (χ4n) is 2.06. The molecule has 2 rings (SSSR count). The van der Waals surface area contributed by atoms with Gasteiger partial charge in [-0.3, -0.25) is 11.3 Å². The lowest BCUT2D eigenvalue weighted by Gasteiger charge is -2.23. The molecule has 0 amide bonds. The van der Waals surface area contributed by atoms with Crippen LogP contribution < -0.4 is 11.3 Å². The lowest BCUT2D eigenvalue weighted by molar-refractivity contribution is 0.401. The van der Waals surface area contributed by atoms with Crippen molar-refractivity contribution in [3.8, 4) is 0 Å². The summed E-state index contributed by atoms with van der Waals surface area (Å²) in [4.78, 5) is 0. The second kappa shape index (κ2) is 5.61. The molecule has 0 aromatic heterocycles. The van der Waals surface area contributed by atoms with E-state index >= 15 is 0 Å². The minimum Gasteiger partial charge on any atom is -0.271 e. The molecule has 1 aliphatic rings. The zero-order valence-electron chi connectivity index (χ0n) is 8.75. The molecule has 1 heterocycles. The van der Waals surface area contributed by atoms with E-state index in [9.17, 15) is 0 Å². The third-order valence-electron chi connectivity index (χ3n) is 2.93. The van der Waals surface area contributed by atoms with Gasteiger partial charge in [0.1, 0.15) is 0 Å². The predicted octanol–water partition coefficient (Wildman–Crippen LogP) is 3.25. The van der Waals surface area contributed by atoms with E-state index in [0.29, 0.717) is 16.0 Å². The average molecular weight is 277 g/mol. The molecule has 2 unspecified atom stereocenters. The van der Waals surface area contributed by atoms with Gasteiger partial charge in [-0.05, 0) is 35.5 Å². The Bertz CT molecular complexity index is 367. The van der Waals surface area contributed by atoms with Gasteiger partial charge in [0, 0.05) is 0 Å².